The van der Waals surface area contributed by atoms with Gasteiger partial charge in [0.05, 0.1) is 5.69 Å². The van der Waals surface area contributed by atoms with Crippen molar-refractivity contribution >= 4 is 0 Å². The largest absolute Gasteiger partial charge is 0.317 e. The molecule has 2 heterocycles. The van der Waals surface area contributed by atoms with Crippen LogP contribution in [0.25, 0.3) is 11.3 Å². The number of pyridine rings is 1. The zero-order valence-corrected chi connectivity index (χ0v) is 14.4. The van der Waals surface area contributed by atoms with Crippen LogP contribution in [0.1, 0.15) is 35.1 Å². The second-order valence-corrected chi connectivity index (χ2v) is 6.69. The van der Waals surface area contributed by atoms with Gasteiger partial charge in [-0.15, -0.1) is 0 Å². The number of benzene rings is 1. The van der Waals surface area contributed by atoms with Crippen LogP contribution in [0, 0.1) is 20.8 Å². The molecule has 3 nitrogen and oxygen atoms in total. The van der Waals surface area contributed by atoms with E-state index < -0.39 is 0 Å². The Morgan fingerprint density at radius 2 is 1.78 bits per heavy atom. The molecule has 1 aliphatic heterocycles. The molecule has 0 aliphatic carbocycles. The average molecular weight is 309 g/mol. The van der Waals surface area contributed by atoms with Crippen LogP contribution >= 0.6 is 0 Å². The Kier molecular flexibility index (Phi) is 5.09. The maximum absolute atomic E-state index is 4.58. The highest BCUT2D eigenvalue weighted by atomic mass is 15.0. The van der Waals surface area contributed by atoms with Crippen molar-refractivity contribution < 1.29 is 0 Å². The molecule has 23 heavy (non-hydrogen) atoms. The van der Waals surface area contributed by atoms with Gasteiger partial charge in [-0.2, -0.15) is 0 Å². The zero-order valence-electron chi connectivity index (χ0n) is 14.4. The number of hydrogen-bond acceptors (Lipinski definition) is 3. The molecular weight excluding hydrogens is 282 g/mol. The molecular formula is C20H27N3. The summed E-state index contributed by atoms with van der Waals surface area (Å²) in [5, 5.41) is 7.09. The van der Waals surface area contributed by atoms with Crippen LogP contribution in [0.5, 0.6) is 0 Å². The van der Waals surface area contributed by atoms with Gasteiger partial charge in [0.15, 0.2) is 0 Å². The second kappa shape index (κ2) is 7.24. The Hall–Kier alpha value is -1.71. The second-order valence-electron chi connectivity index (χ2n) is 6.69. The summed E-state index contributed by atoms with van der Waals surface area (Å²) in [5.74, 6) is 0. The summed E-state index contributed by atoms with van der Waals surface area (Å²) in [6, 6.07) is 9.46. The van der Waals surface area contributed by atoms with Crippen LogP contribution in [-0.4, -0.2) is 24.1 Å². The Morgan fingerprint density at radius 3 is 2.48 bits per heavy atom. The fourth-order valence-electron chi connectivity index (χ4n) is 3.21. The molecule has 0 bridgehead atoms. The average Bonchev–Trinajstić information content (AvgIpc) is 2.58. The van der Waals surface area contributed by atoms with Crippen LogP contribution in [0.2, 0.25) is 0 Å². The minimum atomic E-state index is 0.636. The molecule has 1 aromatic heterocycles. The van der Waals surface area contributed by atoms with E-state index in [1.54, 1.807) is 0 Å². The molecule has 2 aromatic rings. The van der Waals surface area contributed by atoms with Gasteiger partial charge < -0.3 is 10.6 Å². The fraction of sp³-hybridized carbons (Fsp3) is 0.450. The van der Waals surface area contributed by atoms with Gasteiger partial charge in [-0.1, -0.05) is 0 Å². The summed E-state index contributed by atoms with van der Waals surface area (Å²) in [6.45, 7) is 9.70. The zero-order chi connectivity index (χ0) is 16.2. The number of nitrogens with one attached hydrogen (secondary N) is 2. The third-order valence-corrected chi connectivity index (χ3v) is 4.98. The van der Waals surface area contributed by atoms with E-state index in [1.807, 2.05) is 6.20 Å². The third-order valence-electron chi connectivity index (χ3n) is 4.98. The number of hydrogen-bond donors (Lipinski definition) is 2. The molecule has 0 spiro atoms. The summed E-state index contributed by atoms with van der Waals surface area (Å²) in [4.78, 5) is 4.58. The van der Waals surface area contributed by atoms with Gasteiger partial charge in [-0.25, -0.2) is 0 Å². The lowest BCUT2D eigenvalue weighted by Gasteiger charge is -2.23. The molecule has 122 valence electrons. The van der Waals surface area contributed by atoms with Crippen molar-refractivity contribution in [2.75, 3.05) is 13.1 Å². The number of aromatic nitrogens is 1. The van der Waals surface area contributed by atoms with Crippen molar-refractivity contribution in [3.8, 4) is 11.3 Å². The van der Waals surface area contributed by atoms with Gasteiger partial charge in [-0.3, -0.25) is 4.98 Å². The van der Waals surface area contributed by atoms with Crippen LogP contribution in [0.4, 0.5) is 0 Å². The van der Waals surface area contributed by atoms with Crippen molar-refractivity contribution in [2.45, 2.75) is 46.2 Å². The minimum absolute atomic E-state index is 0.636. The standard InChI is InChI=1S/C20H27N3/c1-14-10-18(11-15(2)16(14)3)20-12-17(4-9-22-20)13-23-19-5-7-21-8-6-19/h4,9-12,19,21,23H,5-8,13H2,1-3H3. The molecule has 1 aliphatic rings. The highest BCUT2D eigenvalue weighted by Gasteiger charge is 2.12. The van der Waals surface area contributed by atoms with E-state index in [-0.39, 0.29) is 0 Å². The first-order valence-electron chi connectivity index (χ1n) is 8.61. The Bertz CT molecular complexity index is 649. The highest BCUT2D eigenvalue weighted by molar-refractivity contribution is 5.63. The molecule has 2 N–H and O–H groups in total. The van der Waals surface area contributed by atoms with Gasteiger partial charge in [0.1, 0.15) is 0 Å². The van der Waals surface area contributed by atoms with Crippen LogP contribution in [-0.2, 0) is 6.54 Å². The van der Waals surface area contributed by atoms with Gasteiger partial charge in [0.2, 0.25) is 0 Å². The lowest BCUT2D eigenvalue weighted by Crippen LogP contribution is -2.39. The molecule has 1 saturated heterocycles. The maximum Gasteiger partial charge on any atom is 0.0705 e. The summed E-state index contributed by atoms with van der Waals surface area (Å²) >= 11 is 0. The topological polar surface area (TPSA) is 37.0 Å². The highest BCUT2D eigenvalue weighted by Crippen LogP contribution is 2.24. The number of nitrogens with zero attached hydrogens (tertiary/aromatic N) is 1. The van der Waals surface area contributed by atoms with Crippen LogP contribution in [0.15, 0.2) is 30.5 Å². The number of aryl methyl sites for hydroxylation is 2. The molecule has 3 rings (SSSR count). The summed E-state index contributed by atoms with van der Waals surface area (Å²) in [5.41, 5.74) is 7.64. The molecule has 1 aromatic carbocycles. The normalized spacial score (nSPS) is 15.8. The van der Waals surface area contributed by atoms with E-state index in [0.29, 0.717) is 6.04 Å². The Balaban J connectivity index is 1.74. The van der Waals surface area contributed by atoms with E-state index in [9.17, 15) is 0 Å². The van der Waals surface area contributed by atoms with Crippen molar-refractivity contribution in [1.82, 2.24) is 15.6 Å². The van der Waals surface area contributed by atoms with Crippen molar-refractivity contribution in [2.24, 2.45) is 0 Å². The Labute approximate surface area is 139 Å². The summed E-state index contributed by atoms with van der Waals surface area (Å²) < 4.78 is 0. The monoisotopic (exact) mass is 309 g/mol. The van der Waals surface area contributed by atoms with Crippen molar-refractivity contribution in [3.05, 3.63) is 52.7 Å². The number of piperidine rings is 1. The van der Waals surface area contributed by atoms with E-state index in [4.69, 9.17) is 0 Å². The molecule has 3 heteroatoms. The van der Waals surface area contributed by atoms with Gasteiger partial charge in [-0.05, 0) is 93.2 Å². The molecule has 0 unspecified atom stereocenters. The lowest BCUT2D eigenvalue weighted by molar-refractivity contribution is 0.386. The van der Waals surface area contributed by atoms with Crippen molar-refractivity contribution in [1.29, 1.82) is 0 Å². The van der Waals surface area contributed by atoms with Gasteiger partial charge in [0, 0.05) is 24.3 Å². The SMILES string of the molecule is Cc1cc(-c2cc(CNC3CCNCC3)ccn2)cc(C)c1C. The summed E-state index contributed by atoms with van der Waals surface area (Å²) in [7, 11) is 0. The first-order chi connectivity index (χ1) is 11.1. The first-order valence-corrected chi connectivity index (χ1v) is 8.61. The van der Waals surface area contributed by atoms with E-state index in [2.05, 4.69) is 60.7 Å². The molecule has 0 saturated carbocycles. The predicted molar refractivity (Wildman–Crippen MR) is 96.6 cm³/mol. The molecule has 0 atom stereocenters. The fourth-order valence-corrected chi connectivity index (χ4v) is 3.21. The van der Waals surface area contributed by atoms with Crippen molar-refractivity contribution in [3.63, 3.8) is 0 Å². The van der Waals surface area contributed by atoms with Crippen LogP contribution < -0.4 is 10.6 Å². The third kappa shape index (κ3) is 3.98. The van der Waals surface area contributed by atoms with Gasteiger partial charge >= 0.3 is 0 Å². The maximum atomic E-state index is 4.58. The predicted octanol–water partition coefficient (Wildman–Crippen LogP) is 3.52. The number of rotatable bonds is 4. The molecule has 1 fully saturated rings. The van der Waals surface area contributed by atoms with E-state index >= 15 is 0 Å². The molecule has 0 radical (unpaired) electrons. The first kappa shape index (κ1) is 16.2. The lowest BCUT2D eigenvalue weighted by atomic mass is 9.98. The Morgan fingerprint density at radius 1 is 1.09 bits per heavy atom. The smallest absolute Gasteiger partial charge is 0.0705 e. The van der Waals surface area contributed by atoms with E-state index in [0.717, 1.165) is 25.3 Å². The summed E-state index contributed by atoms with van der Waals surface area (Å²) in [6.07, 6.45) is 4.36. The molecule has 0 amide bonds. The minimum Gasteiger partial charge on any atom is -0.317 e. The van der Waals surface area contributed by atoms with E-state index in [1.165, 1.54) is 40.7 Å². The van der Waals surface area contributed by atoms with Gasteiger partial charge in [0.25, 0.3) is 0 Å². The quantitative estimate of drug-likeness (QED) is 0.907. The van der Waals surface area contributed by atoms with Crippen LogP contribution in [0.3, 0.4) is 0 Å².